The first-order valence-electron chi connectivity index (χ1n) is 7.08. The Balaban J connectivity index is 2.04. The molecule has 1 heterocycles. The van der Waals surface area contributed by atoms with E-state index in [2.05, 4.69) is 15.7 Å². The second kappa shape index (κ2) is 6.87. The predicted molar refractivity (Wildman–Crippen MR) is 87.3 cm³/mol. The van der Waals surface area contributed by atoms with E-state index in [-0.39, 0.29) is 23.9 Å². The molecule has 2 N–H and O–H groups in total. The molecule has 7 heteroatoms. The molecule has 0 saturated heterocycles. The van der Waals surface area contributed by atoms with Gasteiger partial charge in [0.1, 0.15) is 6.54 Å². The summed E-state index contributed by atoms with van der Waals surface area (Å²) in [5.41, 5.74) is 2.39. The number of carbonyl (C=O) groups is 2. The van der Waals surface area contributed by atoms with Gasteiger partial charge in [-0.15, -0.1) is 0 Å². The zero-order valence-corrected chi connectivity index (χ0v) is 13.2. The van der Waals surface area contributed by atoms with Crippen LogP contribution < -0.4 is 16.2 Å². The Morgan fingerprint density at radius 1 is 1.09 bits per heavy atom. The molecule has 2 amide bonds. The lowest BCUT2D eigenvalue weighted by atomic mass is 10.2. The molecule has 0 bridgehead atoms. The third-order valence-electron chi connectivity index (χ3n) is 3.22. The van der Waals surface area contributed by atoms with Gasteiger partial charge < -0.3 is 10.6 Å². The standard InChI is InChI=1S/C16H18N4O3/c1-10-8-16(23)20(19-11(10)2)9-15(22)18-14-6-4-13(5-7-14)17-12(3)21/h4-8H,9H2,1-3H3,(H,17,21)(H,18,22). The quantitative estimate of drug-likeness (QED) is 0.893. The van der Waals surface area contributed by atoms with E-state index in [0.717, 1.165) is 10.2 Å². The van der Waals surface area contributed by atoms with E-state index < -0.39 is 0 Å². The number of aryl methyl sites for hydroxylation is 2. The van der Waals surface area contributed by atoms with Gasteiger partial charge in [0.15, 0.2) is 0 Å². The number of hydrogen-bond donors (Lipinski definition) is 2. The topological polar surface area (TPSA) is 93.1 Å². The second-order valence-corrected chi connectivity index (χ2v) is 5.22. The number of aromatic nitrogens is 2. The molecule has 1 aromatic heterocycles. The number of amides is 2. The summed E-state index contributed by atoms with van der Waals surface area (Å²) in [5, 5.41) is 9.41. The van der Waals surface area contributed by atoms with Gasteiger partial charge in [-0.05, 0) is 43.7 Å². The number of nitrogens with one attached hydrogen (secondary N) is 2. The van der Waals surface area contributed by atoms with Crippen molar-refractivity contribution in [2.24, 2.45) is 0 Å². The first kappa shape index (κ1) is 16.4. The molecule has 120 valence electrons. The van der Waals surface area contributed by atoms with E-state index in [4.69, 9.17) is 0 Å². The van der Waals surface area contributed by atoms with Gasteiger partial charge in [0.25, 0.3) is 5.56 Å². The van der Waals surface area contributed by atoms with Crippen LogP contribution in [0.4, 0.5) is 11.4 Å². The first-order valence-corrected chi connectivity index (χ1v) is 7.08. The number of anilines is 2. The van der Waals surface area contributed by atoms with Crippen molar-refractivity contribution in [3.63, 3.8) is 0 Å². The maximum Gasteiger partial charge on any atom is 0.267 e. The van der Waals surface area contributed by atoms with Crippen molar-refractivity contribution in [3.05, 3.63) is 51.9 Å². The molecule has 0 aliphatic carbocycles. The molecule has 7 nitrogen and oxygen atoms in total. The van der Waals surface area contributed by atoms with Crippen LogP contribution in [0.1, 0.15) is 18.2 Å². The van der Waals surface area contributed by atoms with Gasteiger partial charge in [-0.1, -0.05) is 0 Å². The van der Waals surface area contributed by atoms with Crippen molar-refractivity contribution in [3.8, 4) is 0 Å². The van der Waals surface area contributed by atoms with Crippen molar-refractivity contribution in [2.45, 2.75) is 27.3 Å². The zero-order valence-electron chi connectivity index (χ0n) is 13.2. The number of carbonyl (C=O) groups excluding carboxylic acids is 2. The van der Waals surface area contributed by atoms with Crippen molar-refractivity contribution < 1.29 is 9.59 Å². The molecule has 1 aromatic carbocycles. The predicted octanol–water partition coefficient (Wildman–Crippen LogP) is 1.46. The van der Waals surface area contributed by atoms with Crippen LogP contribution in [0.2, 0.25) is 0 Å². The van der Waals surface area contributed by atoms with E-state index in [1.807, 2.05) is 0 Å². The third-order valence-corrected chi connectivity index (χ3v) is 3.22. The smallest absolute Gasteiger partial charge is 0.267 e. The summed E-state index contributed by atoms with van der Waals surface area (Å²) in [6, 6.07) is 8.15. The minimum Gasteiger partial charge on any atom is -0.326 e. The molecule has 0 aliphatic heterocycles. The summed E-state index contributed by atoms with van der Waals surface area (Å²) in [6.45, 7) is 4.84. The molecule has 0 atom stereocenters. The molecule has 0 radical (unpaired) electrons. The van der Waals surface area contributed by atoms with Crippen molar-refractivity contribution in [2.75, 3.05) is 10.6 Å². The lowest BCUT2D eigenvalue weighted by Gasteiger charge is -2.09. The molecule has 2 rings (SSSR count). The lowest BCUT2D eigenvalue weighted by molar-refractivity contribution is -0.117. The fourth-order valence-electron chi connectivity index (χ4n) is 1.96. The molecule has 0 saturated carbocycles. The summed E-state index contributed by atoms with van der Waals surface area (Å²) in [6.07, 6.45) is 0. The summed E-state index contributed by atoms with van der Waals surface area (Å²) in [7, 11) is 0. The third kappa shape index (κ3) is 4.50. The summed E-state index contributed by atoms with van der Waals surface area (Å²) < 4.78 is 1.13. The largest absolute Gasteiger partial charge is 0.326 e. The van der Waals surface area contributed by atoms with E-state index >= 15 is 0 Å². The van der Waals surface area contributed by atoms with Crippen molar-refractivity contribution in [1.82, 2.24) is 9.78 Å². The molecule has 23 heavy (non-hydrogen) atoms. The summed E-state index contributed by atoms with van der Waals surface area (Å²) in [4.78, 5) is 34.8. The Hall–Kier alpha value is -2.96. The van der Waals surface area contributed by atoms with Gasteiger partial charge in [0, 0.05) is 24.4 Å². The Morgan fingerprint density at radius 2 is 1.65 bits per heavy atom. The monoisotopic (exact) mass is 314 g/mol. The summed E-state index contributed by atoms with van der Waals surface area (Å²) >= 11 is 0. The van der Waals surface area contributed by atoms with Crippen molar-refractivity contribution in [1.29, 1.82) is 0 Å². The van der Waals surface area contributed by atoms with E-state index in [1.54, 1.807) is 38.1 Å². The van der Waals surface area contributed by atoms with Crippen molar-refractivity contribution >= 4 is 23.2 Å². The number of hydrogen-bond acceptors (Lipinski definition) is 4. The van der Waals surface area contributed by atoms with E-state index in [9.17, 15) is 14.4 Å². The summed E-state index contributed by atoms with van der Waals surface area (Å²) in [5.74, 6) is -0.517. The highest BCUT2D eigenvalue weighted by molar-refractivity contribution is 5.92. The van der Waals surface area contributed by atoms with Gasteiger partial charge in [-0.3, -0.25) is 14.4 Å². The van der Waals surface area contributed by atoms with Crippen LogP contribution in [-0.2, 0) is 16.1 Å². The minimum absolute atomic E-state index is 0.159. The Labute approximate surface area is 133 Å². The van der Waals surface area contributed by atoms with Gasteiger partial charge in [-0.25, -0.2) is 4.68 Å². The highest BCUT2D eigenvalue weighted by Crippen LogP contribution is 2.13. The number of rotatable bonds is 4. The first-order chi connectivity index (χ1) is 10.8. The van der Waals surface area contributed by atoms with Crippen LogP contribution in [0.3, 0.4) is 0 Å². The Morgan fingerprint density at radius 3 is 2.22 bits per heavy atom. The van der Waals surface area contributed by atoms with E-state index in [1.165, 1.54) is 13.0 Å². The molecule has 0 aliphatic rings. The highest BCUT2D eigenvalue weighted by atomic mass is 16.2. The molecule has 0 fully saturated rings. The van der Waals surface area contributed by atoms with Crippen LogP contribution in [0.15, 0.2) is 35.1 Å². The Kier molecular flexibility index (Phi) is 4.90. The highest BCUT2D eigenvalue weighted by Gasteiger charge is 2.08. The average Bonchev–Trinajstić information content (AvgIpc) is 2.46. The maximum absolute atomic E-state index is 12.0. The fraction of sp³-hybridized carbons (Fsp3) is 0.250. The van der Waals surface area contributed by atoms with Gasteiger partial charge in [0.05, 0.1) is 5.69 Å². The average molecular weight is 314 g/mol. The molecule has 0 spiro atoms. The lowest BCUT2D eigenvalue weighted by Crippen LogP contribution is -2.30. The van der Waals surface area contributed by atoms with Gasteiger partial charge in [-0.2, -0.15) is 5.10 Å². The SMILES string of the molecule is CC(=O)Nc1ccc(NC(=O)Cn2nc(C)c(C)cc2=O)cc1. The molecule has 0 unspecified atom stereocenters. The van der Waals surface area contributed by atoms with Gasteiger partial charge in [0.2, 0.25) is 11.8 Å². The van der Waals surface area contributed by atoms with Crippen LogP contribution in [0.5, 0.6) is 0 Å². The second-order valence-electron chi connectivity index (χ2n) is 5.22. The molecule has 2 aromatic rings. The van der Waals surface area contributed by atoms with Crippen LogP contribution in [0, 0.1) is 13.8 Å². The Bertz CT molecular complexity index is 794. The van der Waals surface area contributed by atoms with E-state index in [0.29, 0.717) is 17.1 Å². The molecular weight excluding hydrogens is 296 g/mol. The maximum atomic E-state index is 12.0. The molecular formula is C16H18N4O3. The number of benzene rings is 1. The minimum atomic E-state index is -0.352. The van der Waals surface area contributed by atoms with Crippen LogP contribution in [0.25, 0.3) is 0 Å². The normalized spacial score (nSPS) is 10.2. The van der Waals surface area contributed by atoms with Gasteiger partial charge >= 0.3 is 0 Å². The zero-order chi connectivity index (χ0) is 17.0. The fourth-order valence-corrected chi connectivity index (χ4v) is 1.96. The number of nitrogens with zero attached hydrogens (tertiary/aromatic N) is 2. The van der Waals surface area contributed by atoms with Crippen LogP contribution in [-0.4, -0.2) is 21.6 Å². The van der Waals surface area contributed by atoms with Crippen LogP contribution >= 0.6 is 0 Å².